The van der Waals surface area contributed by atoms with Crippen LogP contribution in [-0.4, -0.2) is 66.3 Å². The van der Waals surface area contributed by atoms with Gasteiger partial charge in [0, 0.05) is 37.1 Å². The number of carbonyl (C=O) groups is 1. The first-order valence-corrected chi connectivity index (χ1v) is 12.4. The molecule has 10 nitrogen and oxygen atoms in total. The number of benzene rings is 2. The van der Waals surface area contributed by atoms with Gasteiger partial charge in [-0.1, -0.05) is 6.07 Å². The molecule has 0 spiro atoms. The summed E-state index contributed by atoms with van der Waals surface area (Å²) in [4.78, 5) is 34.9. The number of aromatic nitrogens is 4. The minimum Gasteiger partial charge on any atom is -0.496 e. The summed E-state index contributed by atoms with van der Waals surface area (Å²) in [6.45, 7) is 4.38. The number of amides is 1. The maximum atomic E-state index is 13.4. The van der Waals surface area contributed by atoms with Gasteiger partial charge < -0.3 is 24.6 Å². The molecule has 0 unspecified atom stereocenters. The van der Waals surface area contributed by atoms with E-state index in [1.807, 2.05) is 11.8 Å². The van der Waals surface area contributed by atoms with Gasteiger partial charge in [-0.25, -0.2) is 19.9 Å². The number of hydrogen-bond acceptors (Lipinski definition) is 9. The Balaban J connectivity index is 1.45. The van der Waals surface area contributed by atoms with Crippen LogP contribution in [0.4, 0.5) is 36.3 Å². The topological polar surface area (TPSA) is 106 Å². The molecule has 0 atom stereocenters. The third-order valence-corrected chi connectivity index (χ3v) is 6.55. The second-order valence-corrected chi connectivity index (χ2v) is 9.13. The number of halogens is 3. The van der Waals surface area contributed by atoms with Crippen LogP contribution in [0.25, 0.3) is 11.0 Å². The Morgan fingerprint density at radius 3 is 2.60 bits per heavy atom. The van der Waals surface area contributed by atoms with E-state index in [0.29, 0.717) is 54.8 Å². The van der Waals surface area contributed by atoms with Crippen LogP contribution in [0.1, 0.15) is 21.5 Å². The van der Waals surface area contributed by atoms with E-state index in [4.69, 9.17) is 14.5 Å². The van der Waals surface area contributed by atoms with E-state index < -0.39 is 17.6 Å². The maximum Gasteiger partial charge on any atom is 0.420 e. The first kappa shape index (κ1) is 27.1. The zero-order valence-corrected chi connectivity index (χ0v) is 22.0. The molecule has 13 heteroatoms. The number of alkyl halides is 3. The van der Waals surface area contributed by atoms with Gasteiger partial charge in [0.15, 0.2) is 5.82 Å². The Labute approximate surface area is 227 Å². The highest BCUT2D eigenvalue weighted by Gasteiger charge is 2.34. The molecular weight excluding hydrogens is 527 g/mol. The Morgan fingerprint density at radius 1 is 1.10 bits per heavy atom. The van der Waals surface area contributed by atoms with Gasteiger partial charge in [-0.15, -0.1) is 0 Å². The lowest BCUT2D eigenvalue weighted by Gasteiger charge is -2.27. The number of nitrogens with zero attached hydrogens (tertiary/aromatic N) is 6. The molecule has 1 aliphatic heterocycles. The molecule has 2 aromatic heterocycles. The van der Waals surface area contributed by atoms with Gasteiger partial charge in [-0.3, -0.25) is 4.79 Å². The summed E-state index contributed by atoms with van der Waals surface area (Å²) >= 11 is 0. The molecule has 1 amide bonds. The molecule has 1 N–H and O–H groups in total. The third kappa shape index (κ3) is 5.45. The number of anilines is 4. The monoisotopic (exact) mass is 553 g/mol. The highest BCUT2D eigenvalue weighted by molar-refractivity contribution is 6.05. The minimum absolute atomic E-state index is 0.0114. The van der Waals surface area contributed by atoms with Crippen molar-refractivity contribution >= 4 is 40.1 Å². The Bertz CT molecular complexity index is 1560. The largest absolute Gasteiger partial charge is 0.496 e. The second kappa shape index (κ2) is 10.9. The number of hydrogen-bond donors (Lipinski definition) is 1. The van der Waals surface area contributed by atoms with Crippen LogP contribution in [0.3, 0.4) is 0 Å². The normalized spacial score (nSPS) is 13.8. The smallest absolute Gasteiger partial charge is 0.420 e. The molecule has 2 aromatic carbocycles. The van der Waals surface area contributed by atoms with Gasteiger partial charge in [0.2, 0.25) is 5.95 Å². The molecule has 5 rings (SSSR count). The SMILES string of the molecule is COc1ccc(NC(=O)c2ccc(C)c(N(C)c3ncnc4cnc(N5CCOCC5)nc34)c2)cc1C(F)(F)F. The Kier molecular flexibility index (Phi) is 7.39. The lowest BCUT2D eigenvalue weighted by molar-refractivity contribution is -0.138. The summed E-state index contributed by atoms with van der Waals surface area (Å²) in [7, 11) is 2.95. The molecule has 0 radical (unpaired) electrons. The number of carbonyl (C=O) groups excluding carboxylic acids is 1. The number of ether oxygens (including phenoxy) is 2. The molecule has 0 saturated carbocycles. The standard InChI is InChI=1S/C27H26F3N7O3/c1-16-4-5-17(25(38)34-18-6-7-22(39-3)19(13-18)27(28,29)30)12-21(16)36(2)24-23-20(32-15-33-24)14-31-26(35-23)37-8-10-40-11-9-37/h4-7,12-15H,8-11H2,1-3H3,(H,34,38). The first-order valence-electron chi connectivity index (χ1n) is 12.4. The van der Waals surface area contributed by atoms with Crippen molar-refractivity contribution < 1.29 is 27.4 Å². The minimum atomic E-state index is -4.64. The molecule has 208 valence electrons. The predicted molar refractivity (Wildman–Crippen MR) is 143 cm³/mol. The molecule has 1 aliphatic rings. The van der Waals surface area contributed by atoms with Crippen LogP contribution in [0.5, 0.6) is 5.75 Å². The summed E-state index contributed by atoms with van der Waals surface area (Å²) in [6, 6.07) is 8.38. The van der Waals surface area contributed by atoms with Crippen LogP contribution in [0, 0.1) is 6.92 Å². The van der Waals surface area contributed by atoms with Crippen molar-refractivity contribution in [2.45, 2.75) is 13.1 Å². The fraction of sp³-hybridized carbons (Fsp3) is 0.296. The fourth-order valence-corrected chi connectivity index (χ4v) is 4.43. The van der Waals surface area contributed by atoms with Gasteiger partial charge in [0.05, 0.1) is 32.1 Å². The average molecular weight is 554 g/mol. The van der Waals surface area contributed by atoms with Crippen molar-refractivity contribution in [1.82, 2.24) is 19.9 Å². The van der Waals surface area contributed by atoms with Crippen molar-refractivity contribution in [3.63, 3.8) is 0 Å². The van der Waals surface area contributed by atoms with E-state index in [1.54, 1.807) is 36.3 Å². The van der Waals surface area contributed by atoms with Crippen molar-refractivity contribution in [2.24, 2.45) is 0 Å². The molecular formula is C27H26F3N7O3. The van der Waals surface area contributed by atoms with Crippen molar-refractivity contribution in [2.75, 3.05) is 55.6 Å². The van der Waals surface area contributed by atoms with Gasteiger partial charge in [-0.05, 0) is 42.8 Å². The van der Waals surface area contributed by atoms with E-state index in [-0.39, 0.29) is 17.0 Å². The molecule has 40 heavy (non-hydrogen) atoms. The Hall–Kier alpha value is -4.52. The second-order valence-electron chi connectivity index (χ2n) is 9.13. The van der Waals surface area contributed by atoms with E-state index in [2.05, 4.69) is 20.3 Å². The van der Waals surface area contributed by atoms with E-state index >= 15 is 0 Å². The fourth-order valence-electron chi connectivity index (χ4n) is 4.43. The van der Waals surface area contributed by atoms with E-state index in [0.717, 1.165) is 18.7 Å². The summed E-state index contributed by atoms with van der Waals surface area (Å²) < 4.78 is 50.6. The van der Waals surface area contributed by atoms with Crippen LogP contribution in [0.2, 0.25) is 0 Å². The number of fused-ring (bicyclic) bond motifs is 1. The lowest BCUT2D eigenvalue weighted by atomic mass is 10.1. The lowest BCUT2D eigenvalue weighted by Crippen LogP contribution is -2.37. The zero-order valence-electron chi connectivity index (χ0n) is 22.0. The third-order valence-electron chi connectivity index (χ3n) is 6.55. The average Bonchev–Trinajstić information content (AvgIpc) is 2.96. The summed E-state index contributed by atoms with van der Waals surface area (Å²) in [5, 5.41) is 2.55. The van der Waals surface area contributed by atoms with Gasteiger partial charge in [0.1, 0.15) is 23.1 Å². The number of rotatable bonds is 6. The van der Waals surface area contributed by atoms with Gasteiger partial charge in [-0.2, -0.15) is 13.2 Å². The quantitative estimate of drug-likeness (QED) is 0.366. The zero-order chi connectivity index (χ0) is 28.4. The number of aryl methyl sites for hydroxylation is 1. The van der Waals surface area contributed by atoms with Crippen LogP contribution in [0.15, 0.2) is 48.9 Å². The highest BCUT2D eigenvalue weighted by Crippen LogP contribution is 2.38. The Morgan fingerprint density at radius 2 is 1.88 bits per heavy atom. The predicted octanol–water partition coefficient (Wildman–Crippen LogP) is 4.61. The summed E-state index contributed by atoms with van der Waals surface area (Å²) in [5.41, 5.74) is 1.85. The van der Waals surface area contributed by atoms with Crippen LogP contribution >= 0.6 is 0 Å². The molecule has 0 bridgehead atoms. The van der Waals surface area contributed by atoms with Gasteiger partial charge >= 0.3 is 6.18 Å². The number of nitrogens with one attached hydrogen (secondary N) is 1. The van der Waals surface area contributed by atoms with E-state index in [1.165, 1.54) is 18.5 Å². The van der Waals surface area contributed by atoms with Crippen molar-refractivity contribution in [3.8, 4) is 5.75 Å². The highest BCUT2D eigenvalue weighted by atomic mass is 19.4. The van der Waals surface area contributed by atoms with Crippen molar-refractivity contribution in [1.29, 1.82) is 0 Å². The molecule has 3 heterocycles. The van der Waals surface area contributed by atoms with Crippen LogP contribution in [-0.2, 0) is 10.9 Å². The molecule has 1 fully saturated rings. The van der Waals surface area contributed by atoms with Crippen molar-refractivity contribution in [3.05, 3.63) is 65.6 Å². The first-order chi connectivity index (χ1) is 19.2. The molecule has 4 aromatic rings. The number of morpholine rings is 1. The maximum absolute atomic E-state index is 13.4. The van der Waals surface area contributed by atoms with Crippen LogP contribution < -0.4 is 19.9 Å². The summed E-state index contributed by atoms with van der Waals surface area (Å²) in [6.07, 6.45) is -1.58. The number of methoxy groups -OCH3 is 1. The van der Waals surface area contributed by atoms with Gasteiger partial charge in [0.25, 0.3) is 5.91 Å². The van der Waals surface area contributed by atoms with E-state index in [9.17, 15) is 18.0 Å². The molecule has 0 aliphatic carbocycles. The molecule has 1 saturated heterocycles. The summed E-state index contributed by atoms with van der Waals surface area (Å²) in [5.74, 6) is 0.148.